The summed E-state index contributed by atoms with van der Waals surface area (Å²) in [4.78, 5) is 32.7. The Balaban J connectivity index is 2.83. The highest BCUT2D eigenvalue weighted by atomic mass is 16.6. The standard InChI is InChI=1S/C8H11NO7/c1-2(10)9-3-4(11)5(12)6(7(13)14)16-8(3)15/h3,5-6,8,12,15H,1H3,(H,9,10)(H,13,14)/t3-,5+,6+,8+/m1/s1. The van der Waals surface area contributed by atoms with Crippen molar-refractivity contribution in [3.63, 3.8) is 0 Å². The van der Waals surface area contributed by atoms with Crippen LogP contribution in [0.4, 0.5) is 0 Å². The quantitative estimate of drug-likeness (QED) is 0.405. The van der Waals surface area contributed by atoms with Crippen LogP contribution in [-0.4, -0.2) is 57.5 Å². The van der Waals surface area contributed by atoms with E-state index in [1.54, 1.807) is 0 Å². The van der Waals surface area contributed by atoms with Crippen molar-refractivity contribution in [1.82, 2.24) is 5.32 Å². The molecule has 1 aliphatic heterocycles. The van der Waals surface area contributed by atoms with Crippen molar-refractivity contribution in [3.8, 4) is 0 Å². The van der Waals surface area contributed by atoms with E-state index in [9.17, 15) is 24.6 Å². The first-order chi connectivity index (χ1) is 7.34. The molecule has 0 unspecified atom stereocenters. The van der Waals surface area contributed by atoms with Gasteiger partial charge in [0.1, 0.15) is 6.04 Å². The third kappa shape index (κ3) is 2.35. The van der Waals surface area contributed by atoms with Crippen LogP contribution in [0.2, 0.25) is 0 Å². The molecule has 4 N–H and O–H groups in total. The van der Waals surface area contributed by atoms with Gasteiger partial charge in [-0.25, -0.2) is 4.79 Å². The molecule has 0 aromatic rings. The van der Waals surface area contributed by atoms with Crippen molar-refractivity contribution in [2.75, 3.05) is 0 Å². The maximum absolute atomic E-state index is 11.4. The Labute approximate surface area is 89.8 Å². The number of ether oxygens (including phenoxy) is 1. The molecule has 1 heterocycles. The van der Waals surface area contributed by atoms with Gasteiger partial charge in [0.25, 0.3) is 0 Å². The summed E-state index contributed by atoms with van der Waals surface area (Å²) in [6.45, 7) is 1.11. The van der Waals surface area contributed by atoms with Gasteiger partial charge in [-0.3, -0.25) is 9.59 Å². The second-order valence-corrected chi connectivity index (χ2v) is 3.31. The van der Waals surface area contributed by atoms with Crippen molar-refractivity contribution in [1.29, 1.82) is 0 Å². The molecule has 1 aliphatic rings. The third-order valence-electron chi connectivity index (χ3n) is 2.06. The van der Waals surface area contributed by atoms with Gasteiger partial charge in [-0.1, -0.05) is 0 Å². The summed E-state index contributed by atoms with van der Waals surface area (Å²) in [6.07, 6.45) is -5.54. The average Bonchev–Trinajstić information content (AvgIpc) is 2.17. The number of aliphatic hydroxyl groups is 2. The minimum absolute atomic E-state index is 0.609. The molecule has 90 valence electrons. The number of amides is 1. The van der Waals surface area contributed by atoms with Gasteiger partial charge in [0, 0.05) is 6.92 Å². The van der Waals surface area contributed by atoms with Gasteiger partial charge in [-0.05, 0) is 0 Å². The molecule has 0 bridgehead atoms. The highest BCUT2D eigenvalue weighted by Gasteiger charge is 2.47. The summed E-state index contributed by atoms with van der Waals surface area (Å²) < 4.78 is 4.51. The third-order valence-corrected chi connectivity index (χ3v) is 2.06. The Bertz CT molecular complexity index is 328. The van der Waals surface area contributed by atoms with E-state index in [0.717, 1.165) is 6.92 Å². The molecule has 8 nitrogen and oxygen atoms in total. The molecule has 1 fully saturated rings. The highest BCUT2D eigenvalue weighted by Crippen LogP contribution is 2.16. The maximum Gasteiger partial charge on any atom is 0.336 e. The van der Waals surface area contributed by atoms with Crippen molar-refractivity contribution in [2.45, 2.75) is 31.5 Å². The van der Waals surface area contributed by atoms with Crippen LogP contribution in [-0.2, 0) is 19.1 Å². The van der Waals surface area contributed by atoms with Gasteiger partial charge in [0.2, 0.25) is 5.91 Å². The number of carbonyl (C=O) groups excluding carboxylic acids is 2. The lowest BCUT2D eigenvalue weighted by molar-refractivity contribution is -0.217. The predicted molar refractivity (Wildman–Crippen MR) is 47.1 cm³/mol. The van der Waals surface area contributed by atoms with Crippen LogP contribution in [0.1, 0.15) is 6.92 Å². The van der Waals surface area contributed by atoms with Crippen molar-refractivity contribution >= 4 is 17.7 Å². The maximum atomic E-state index is 11.4. The molecule has 1 rings (SSSR count). The molecule has 16 heavy (non-hydrogen) atoms. The van der Waals surface area contributed by atoms with Crippen molar-refractivity contribution in [2.24, 2.45) is 0 Å². The summed E-state index contributed by atoms with van der Waals surface area (Å²) in [7, 11) is 0. The number of hydrogen-bond donors (Lipinski definition) is 4. The van der Waals surface area contributed by atoms with E-state index in [1.807, 2.05) is 0 Å². The van der Waals surface area contributed by atoms with E-state index >= 15 is 0 Å². The Kier molecular flexibility index (Phi) is 3.58. The number of rotatable bonds is 2. The fourth-order valence-electron chi connectivity index (χ4n) is 1.33. The van der Waals surface area contributed by atoms with Gasteiger partial charge < -0.3 is 25.4 Å². The molecule has 1 amide bonds. The van der Waals surface area contributed by atoms with Gasteiger partial charge in [0.15, 0.2) is 24.3 Å². The molecule has 4 atom stereocenters. The summed E-state index contributed by atoms with van der Waals surface area (Å²) >= 11 is 0. The summed E-state index contributed by atoms with van der Waals surface area (Å²) in [6, 6.07) is -1.46. The smallest absolute Gasteiger partial charge is 0.336 e. The monoisotopic (exact) mass is 233 g/mol. The lowest BCUT2D eigenvalue weighted by atomic mass is 9.98. The first-order valence-electron chi connectivity index (χ1n) is 4.40. The van der Waals surface area contributed by atoms with E-state index in [2.05, 4.69) is 10.1 Å². The topological polar surface area (TPSA) is 133 Å². The van der Waals surface area contributed by atoms with Crippen LogP contribution in [0.15, 0.2) is 0 Å². The lowest BCUT2D eigenvalue weighted by Crippen LogP contribution is -2.62. The molecule has 1 saturated heterocycles. The van der Waals surface area contributed by atoms with Crippen LogP contribution >= 0.6 is 0 Å². The second kappa shape index (κ2) is 4.56. The lowest BCUT2D eigenvalue weighted by Gasteiger charge is -2.33. The average molecular weight is 233 g/mol. The van der Waals surface area contributed by atoms with Gasteiger partial charge in [-0.2, -0.15) is 0 Å². The van der Waals surface area contributed by atoms with Crippen LogP contribution < -0.4 is 5.32 Å². The number of carbonyl (C=O) groups is 3. The number of aliphatic carboxylic acids is 1. The molecule has 0 aliphatic carbocycles. The molecule has 0 spiro atoms. The van der Waals surface area contributed by atoms with Crippen molar-refractivity contribution in [3.05, 3.63) is 0 Å². The van der Waals surface area contributed by atoms with Crippen LogP contribution in [0.25, 0.3) is 0 Å². The van der Waals surface area contributed by atoms with E-state index < -0.39 is 42.2 Å². The molecule has 0 radical (unpaired) electrons. The number of carboxylic acid groups (broad SMARTS) is 1. The van der Waals surface area contributed by atoms with Gasteiger partial charge >= 0.3 is 5.97 Å². The minimum atomic E-state index is -1.92. The molecule has 8 heteroatoms. The van der Waals surface area contributed by atoms with Gasteiger partial charge in [0.05, 0.1) is 0 Å². The van der Waals surface area contributed by atoms with Gasteiger partial charge in [-0.15, -0.1) is 0 Å². The first kappa shape index (κ1) is 12.6. The molecule has 0 aromatic heterocycles. The Morgan fingerprint density at radius 1 is 1.38 bits per heavy atom. The molecule has 0 aromatic carbocycles. The fraction of sp³-hybridized carbons (Fsp3) is 0.625. The SMILES string of the molecule is CC(=O)N[C@@H]1C(=O)[C@H](O)[C@@H](C(=O)O)O[C@@H]1O. The predicted octanol–water partition coefficient (Wildman–Crippen LogP) is -2.78. The van der Waals surface area contributed by atoms with E-state index in [0.29, 0.717) is 0 Å². The molecular formula is C8H11NO7. The number of nitrogens with one attached hydrogen (secondary N) is 1. The zero-order chi connectivity index (χ0) is 12.5. The zero-order valence-electron chi connectivity index (χ0n) is 8.28. The van der Waals surface area contributed by atoms with Crippen LogP contribution in [0, 0.1) is 0 Å². The molecule has 0 saturated carbocycles. The number of ketones is 1. The minimum Gasteiger partial charge on any atom is -0.479 e. The fourth-order valence-corrected chi connectivity index (χ4v) is 1.33. The Morgan fingerprint density at radius 2 is 1.94 bits per heavy atom. The van der Waals surface area contributed by atoms with Crippen LogP contribution in [0.3, 0.4) is 0 Å². The van der Waals surface area contributed by atoms with E-state index in [-0.39, 0.29) is 0 Å². The summed E-state index contributed by atoms with van der Waals surface area (Å²) in [5.41, 5.74) is 0. The number of aliphatic hydroxyl groups excluding tert-OH is 2. The normalized spacial score (nSPS) is 34.6. The number of hydrogen-bond acceptors (Lipinski definition) is 6. The Morgan fingerprint density at radius 3 is 2.38 bits per heavy atom. The van der Waals surface area contributed by atoms with Crippen molar-refractivity contribution < 1.29 is 34.4 Å². The van der Waals surface area contributed by atoms with E-state index in [1.165, 1.54) is 0 Å². The van der Waals surface area contributed by atoms with Crippen LogP contribution in [0.5, 0.6) is 0 Å². The molecular weight excluding hydrogens is 222 g/mol. The second-order valence-electron chi connectivity index (χ2n) is 3.31. The summed E-state index contributed by atoms with van der Waals surface area (Å²) in [5, 5.41) is 29.2. The number of Topliss-reactive ketones (excluding diaryl/α,β-unsaturated/α-hetero) is 1. The Hall–Kier alpha value is -1.51. The van der Waals surface area contributed by atoms with E-state index in [4.69, 9.17) is 5.11 Å². The largest absolute Gasteiger partial charge is 0.479 e. The first-order valence-corrected chi connectivity index (χ1v) is 4.40. The number of carboxylic acids is 1. The summed E-state index contributed by atoms with van der Waals surface area (Å²) in [5.74, 6) is -3.18. The highest BCUT2D eigenvalue weighted by molar-refractivity contribution is 5.96. The zero-order valence-corrected chi connectivity index (χ0v) is 8.28.